The van der Waals surface area contributed by atoms with Gasteiger partial charge in [0.05, 0.1) is 44.8 Å². The summed E-state index contributed by atoms with van der Waals surface area (Å²) in [5.41, 5.74) is 2.46. The molecule has 1 saturated heterocycles. The van der Waals surface area contributed by atoms with Gasteiger partial charge in [0.2, 0.25) is 0 Å². The number of carbonyl (C=O) groups is 1. The Morgan fingerprint density at radius 2 is 2.18 bits per heavy atom. The van der Waals surface area contributed by atoms with Crippen molar-refractivity contribution in [1.29, 1.82) is 0 Å². The first kappa shape index (κ1) is 19.1. The van der Waals surface area contributed by atoms with Crippen molar-refractivity contribution in [2.75, 3.05) is 11.5 Å². The second kappa shape index (κ2) is 6.97. The topological polar surface area (TPSA) is 93.9 Å². The number of pyridine rings is 1. The summed E-state index contributed by atoms with van der Waals surface area (Å²) in [7, 11) is -3.06. The van der Waals surface area contributed by atoms with Crippen LogP contribution in [0.2, 0.25) is 0 Å². The quantitative estimate of drug-likeness (QED) is 0.703. The molecule has 1 amide bonds. The van der Waals surface area contributed by atoms with Gasteiger partial charge in [-0.05, 0) is 44.7 Å². The molecule has 3 aromatic rings. The van der Waals surface area contributed by atoms with Crippen molar-refractivity contribution in [3.05, 3.63) is 34.8 Å². The van der Waals surface area contributed by atoms with Crippen LogP contribution in [0.1, 0.15) is 42.4 Å². The minimum atomic E-state index is -3.06. The Morgan fingerprint density at radius 1 is 1.39 bits per heavy atom. The fourth-order valence-corrected chi connectivity index (χ4v) is 5.98. The highest BCUT2D eigenvalue weighted by molar-refractivity contribution is 7.91. The van der Waals surface area contributed by atoms with Gasteiger partial charge in [0.15, 0.2) is 15.5 Å². The van der Waals surface area contributed by atoms with E-state index in [4.69, 9.17) is 4.98 Å². The van der Waals surface area contributed by atoms with Crippen molar-refractivity contribution < 1.29 is 13.2 Å². The number of nitrogens with one attached hydrogen (secondary N) is 1. The third-order valence-electron chi connectivity index (χ3n) is 4.83. The second-order valence-corrected chi connectivity index (χ2v) is 10.6. The predicted octanol–water partition coefficient (Wildman–Crippen LogP) is 2.97. The minimum absolute atomic E-state index is 0.00349. The van der Waals surface area contributed by atoms with Crippen molar-refractivity contribution in [1.82, 2.24) is 20.1 Å². The highest BCUT2D eigenvalue weighted by Crippen LogP contribution is 2.33. The molecule has 3 aromatic heterocycles. The minimum Gasteiger partial charge on any atom is -0.350 e. The summed E-state index contributed by atoms with van der Waals surface area (Å²) < 4.78 is 25.7. The highest BCUT2D eigenvalue weighted by atomic mass is 32.2. The molecule has 1 fully saturated rings. The van der Waals surface area contributed by atoms with Crippen LogP contribution in [0.5, 0.6) is 0 Å². The fourth-order valence-electron chi connectivity index (χ4n) is 3.61. The number of aryl methyl sites for hydroxylation is 1. The maximum Gasteiger partial charge on any atom is 0.252 e. The molecule has 1 atom stereocenters. The van der Waals surface area contributed by atoms with Crippen molar-refractivity contribution in [2.45, 2.75) is 39.3 Å². The van der Waals surface area contributed by atoms with Gasteiger partial charge in [-0.3, -0.25) is 4.79 Å². The summed E-state index contributed by atoms with van der Waals surface area (Å²) >= 11 is 1.54. The zero-order valence-corrected chi connectivity index (χ0v) is 17.6. The molecule has 148 valence electrons. The molecule has 1 N–H and O–H groups in total. The lowest BCUT2D eigenvalue weighted by Gasteiger charge is -2.13. The Bertz CT molecular complexity index is 1150. The van der Waals surface area contributed by atoms with Crippen LogP contribution in [0.3, 0.4) is 0 Å². The van der Waals surface area contributed by atoms with E-state index in [1.165, 1.54) is 0 Å². The van der Waals surface area contributed by atoms with Gasteiger partial charge < -0.3 is 5.32 Å². The number of amides is 1. The van der Waals surface area contributed by atoms with Gasteiger partial charge in [0.25, 0.3) is 5.91 Å². The molecule has 4 heterocycles. The number of hydrogen-bond acceptors (Lipinski definition) is 6. The highest BCUT2D eigenvalue weighted by Gasteiger charge is 2.32. The van der Waals surface area contributed by atoms with E-state index < -0.39 is 9.84 Å². The van der Waals surface area contributed by atoms with Crippen LogP contribution in [0, 0.1) is 6.92 Å². The average Bonchev–Trinajstić information content (AvgIpc) is 3.33. The van der Waals surface area contributed by atoms with E-state index in [0.29, 0.717) is 34.4 Å². The number of fused-ring (bicyclic) bond motifs is 1. The molecule has 1 aliphatic heterocycles. The van der Waals surface area contributed by atoms with Crippen LogP contribution in [0.25, 0.3) is 21.6 Å². The smallest absolute Gasteiger partial charge is 0.252 e. The van der Waals surface area contributed by atoms with Gasteiger partial charge >= 0.3 is 0 Å². The molecule has 0 aromatic carbocycles. The normalized spacial score (nSPS) is 18.8. The van der Waals surface area contributed by atoms with Crippen molar-refractivity contribution >= 4 is 38.1 Å². The molecular formula is C19H22N4O3S2. The van der Waals surface area contributed by atoms with Gasteiger partial charge in [0.1, 0.15) is 0 Å². The van der Waals surface area contributed by atoms with Crippen molar-refractivity contribution in [2.24, 2.45) is 0 Å². The molecule has 7 nitrogen and oxygen atoms in total. The first-order chi connectivity index (χ1) is 13.2. The van der Waals surface area contributed by atoms with Crippen LogP contribution in [-0.2, 0) is 9.84 Å². The molecule has 28 heavy (non-hydrogen) atoms. The number of thiophene rings is 1. The lowest BCUT2D eigenvalue weighted by Crippen LogP contribution is -2.30. The van der Waals surface area contributed by atoms with Gasteiger partial charge in [0, 0.05) is 6.04 Å². The maximum absolute atomic E-state index is 12.9. The number of sulfone groups is 1. The third-order valence-corrected chi connectivity index (χ3v) is 7.47. The molecule has 0 saturated carbocycles. The molecule has 0 unspecified atom stereocenters. The standard InChI is InChI=1S/C19H22N4O3S2/c1-11(2)20-19(24)14-9-15(16-5-4-7-27-16)21-18-17(14)12(3)22-23(18)13-6-8-28(25,26)10-13/h4-5,7,9,11,13H,6,8,10H2,1-3H3,(H,20,24)/t13-/m1/s1. The summed E-state index contributed by atoms with van der Waals surface area (Å²) in [5.74, 6) is 0.0345. The van der Waals surface area contributed by atoms with E-state index in [0.717, 1.165) is 4.88 Å². The Morgan fingerprint density at radius 3 is 2.79 bits per heavy atom. The van der Waals surface area contributed by atoms with Gasteiger partial charge in [-0.15, -0.1) is 11.3 Å². The lowest BCUT2D eigenvalue weighted by atomic mass is 10.1. The summed E-state index contributed by atoms with van der Waals surface area (Å²) in [6.45, 7) is 5.66. The zero-order valence-electron chi connectivity index (χ0n) is 16.0. The number of hydrogen-bond donors (Lipinski definition) is 1. The molecular weight excluding hydrogens is 396 g/mol. The van der Waals surface area contributed by atoms with E-state index >= 15 is 0 Å². The van der Waals surface area contributed by atoms with Gasteiger partial charge in [-0.1, -0.05) is 6.07 Å². The summed E-state index contributed by atoms with van der Waals surface area (Å²) in [5, 5.41) is 10.2. The number of nitrogens with zero attached hydrogens (tertiary/aromatic N) is 3. The Kier molecular flexibility index (Phi) is 4.75. The van der Waals surface area contributed by atoms with Crippen LogP contribution < -0.4 is 5.32 Å². The van der Waals surface area contributed by atoms with Crippen molar-refractivity contribution in [3.8, 4) is 10.6 Å². The lowest BCUT2D eigenvalue weighted by molar-refractivity contribution is 0.0944. The SMILES string of the molecule is Cc1nn([C@@H]2CCS(=O)(=O)C2)c2nc(-c3cccs3)cc(C(=O)NC(C)C)c12. The molecule has 0 bridgehead atoms. The van der Waals surface area contributed by atoms with Crippen LogP contribution >= 0.6 is 11.3 Å². The van der Waals surface area contributed by atoms with E-state index in [2.05, 4.69) is 10.4 Å². The van der Waals surface area contributed by atoms with E-state index in [1.54, 1.807) is 22.1 Å². The fraction of sp³-hybridized carbons (Fsp3) is 0.421. The molecule has 0 radical (unpaired) electrons. The van der Waals surface area contributed by atoms with E-state index in [1.807, 2.05) is 38.3 Å². The van der Waals surface area contributed by atoms with Crippen LogP contribution in [0.4, 0.5) is 0 Å². The Labute approximate surface area is 167 Å². The molecule has 1 aliphatic rings. The predicted molar refractivity (Wildman–Crippen MR) is 110 cm³/mol. The summed E-state index contributed by atoms with van der Waals surface area (Å²) in [6, 6.07) is 5.43. The van der Waals surface area contributed by atoms with Crippen LogP contribution in [-0.4, -0.2) is 46.6 Å². The monoisotopic (exact) mass is 418 g/mol. The molecule has 4 rings (SSSR count). The molecule has 0 spiro atoms. The molecule has 9 heteroatoms. The van der Waals surface area contributed by atoms with Gasteiger partial charge in [-0.2, -0.15) is 5.10 Å². The van der Waals surface area contributed by atoms with Crippen LogP contribution in [0.15, 0.2) is 23.6 Å². The largest absolute Gasteiger partial charge is 0.350 e. The first-order valence-electron chi connectivity index (χ1n) is 9.20. The van der Waals surface area contributed by atoms with Crippen molar-refractivity contribution in [3.63, 3.8) is 0 Å². The number of carbonyl (C=O) groups excluding carboxylic acids is 1. The van der Waals surface area contributed by atoms with Gasteiger partial charge in [-0.25, -0.2) is 18.1 Å². The molecule has 0 aliphatic carbocycles. The summed E-state index contributed by atoms with van der Waals surface area (Å²) in [6.07, 6.45) is 0.511. The van der Waals surface area contributed by atoms with E-state index in [9.17, 15) is 13.2 Å². The maximum atomic E-state index is 12.9. The number of aromatic nitrogens is 3. The Balaban J connectivity index is 1.94. The third kappa shape index (κ3) is 3.44. The zero-order chi connectivity index (χ0) is 20.1. The summed E-state index contributed by atoms with van der Waals surface area (Å²) in [4.78, 5) is 18.6. The first-order valence-corrected chi connectivity index (χ1v) is 11.9. The second-order valence-electron chi connectivity index (χ2n) is 7.45. The van der Waals surface area contributed by atoms with E-state index in [-0.39, 0.29) is 29.5 Å². The Hall–Kier alpha value is -2.26. The average molecular weight is 419 g/mol. The number of rotatable bonds is 4.